The van der Waals surface area contributed by atoms with E-state index in [1.807, 2.05) is 0 Å². The first-order valence-electron chi connectivity index (χ1n) is 11.9. The predicted octanol–water partition coefficient (Wildman–Crippen LogP) is 8.95. The van der Waals surface area contributed by atoms with Crippen molar-refractivity contribution in [1.29, 1.82) is 0 Å². The molecule has 0 spiro atoms. The molecule has 3 heteroatoms. The lowest BCUT2D eigenvalue weighted by molar-refractivity contribution is -0.142. The monoisotopic (exact) mass is 404 g/mol. The van der Waals surface area contributed by atoms with Crippen LogP contribution in [0.25, 0.3) is 0 Å². The van der Waals surface area contributed by atoms with Gasteiger partial charge < -0.3 is 5.11 Å². The first kappa shape index (κ1) is 29.0. The third-order valence-electron chi connectivity index (χ3n) is 5.66. The SMILES string of the molecule is CCCCCCCCCCCCC(CCCCCCCCCC)C(=O)O.Cl. The Hall–Kier alpha value is -0.240. The molecule has 164 valence electrons. The smallest absolute Gasteiger partial charge is 0.306 e. The summed E-state index contributed by atoms with van der Waals surface area (Å²) in [6, 6.07) is 0. The van der Waals surface area contributed by atoms with Crippen LogP contribution in [0.2, 0.25) is 0 Å². The van der Waals surface area contributed by atoms with Gasteiger partial charge in [0.05, 0.1) is 5.92 Å². The van der Waals surface area contributed by atoms with E-state index in [1.54, 1.807) is 0 Å². The van der Waals surface area contributed by atoms with Gasteiger partial charge in [0, 0.05) is 0 Å². The molecule has 0 rings (SSSR count). The van der Waals surface area contributed by atoms with Crippen LogP contribution < -0.4 is 0 Å². The summed E-state index contributed by atoms with van der Waals surface area (Å²) >= 11 is 0. The van der Waals surface area contributed by atoms with Crippen molar-refractivity contribution in [3.05, 3.63) is 0 Å². The number of aliphatic carboxylic acids is 1. The van der Waals surface area contributed by atoms with Crippen molar-refractivity contribution < 1.29 is 9.90 Å². The highest BCUT2D eigenvalue weighted by molar-refractivity contribution is 5.85. The zero-order valence-electron chi connectivity index (χ0n) is 18.5. The Balaban J connectivity index is 0. The molecule has 0 saturated heterocycles. The Morgan fingerprint density at radius 1 is 0.556 bits per heavy atom. The van der Waals surface area contributed by atoms with Gasteiger partial charge in [-0.1, -0.05) is 129 Å². The minimum absolute atomic E-state index is 0. The van der Waals surface area contributed by atoms with E-state index in [0.717, 1.165) is 25.7 Å². The third kappa shape index (κ3) is 21.9. The van der Waals surface area contributed by atoms with Crippen LogP contribution in [0.4, 0.5) is 0 Å². The molecule has 0 bridgehead atoms. The molecule has 2 nitrogen and oxygen atoms in total. The molecule has 1 atom stereocenters. The molecule has 0 fully saturated rings. The number of rotatable bonds is 21. The van der Waals surface area contributed by atoms with Crippen LogP contribution in [0.1, 0.15) is 142 Å². The quantitative estimate of drug-likeness (QED) is 0.194. The number of carbonyl (C=O) groups is 1. The van der Waals surface area contributed by atoms with E-state index >= 15 is 0 Å². The van der Waals surface area contributed by atoms with E-state index in [1.165, 1.54) is 103 Å². The lowest BCUT2D eigenvalue weighted by Crippen LogP contribution is -2.13. The van der Waals surface area contributed by atoms with E-state index in [2.05, 4.69) is 13.8 Å². The standard InChI is InChI=1S/C24H48O2.ClH/c1-3-5-7-9-11-13-14-16-18-20-22-23(24(25)26)21-19-17-15-12-10-8-6-4-2;/h23H,3-22H2,1-2H3,(H,25,26);1H. The summed E-state index contributed by atoms with van der Waals surface area (Å²) in [5, 5.41) is 9.42. The van der Waals surface area contributed by atoms with Crippen LogP contribution in [0.15, 0.2) is 0 Å². The normalized spacial score (nSPS) is 11.9. The van der Waals surface area contributed by atoms with Gasteiger partial charge in [-0.25, -0.2) is 0 Å². The summed E-state index contributed by atoms with van der Waals surface area (Å²) in [6.45, 7) is 4.51. The number of halogens is 1. The van der Waals surface area contributed by atoms with Gasteiger partial charge in [-0.05, 0) is 12.8 Å². The van der Waals surface area contributed by atoms with Gasteiger partial charge in [0.1, 0.15) is 0 Å². The summed E-state index contributed by atoms with van der Waals surface area (Å²) in [4.78, 5) is 11.4. The first-order chi connectivity index (χ1) is 12.7. The molecule has 1 unspecified atom stereocenters. The van der Waals surface area contributed by atoms with Crippen LogP contribution in [0.3, 0.4) is 0 Å². The van der Waals surface area contributed by atoms with E-state index in [0.29, 0.717) is 0 Å². The van der Waals surface area contributed by atoms with Crippen molar-refractivity contribution in [1.82, 2.24) is 0 Å². The highest BCUT2D eigenvalue weighted by Gasteiger charge is 2.16. The third-order valence-corrected chi connectivity index (χ3v) is 5.66. The van der Waals surface area contributed by atoms with Gasteiger partial charge in [0.15, 0.2) is 0 Å². The van der Waals surface area contributed by atoms with Crippen molar-refractivity contribution in [2.45, 2.75) is 142 Å². The second-order valence-electron chi connectivity index (χ2n) is 8.27. The molecule has 0 aliphatic heterocycles. The molecule has 0 aliphatic carbocycles. The Labute approximate surface area is 176 Å². The Kier molecular flexibility index (Phi) is 25.5. The molecule has 0 aromatic carbocycles. The highest BCUT2D eigenvalue weighted by atomic mass is 35.5. The summed E-state index contributed by atoms with van der Waals surface area (Å²) in [5.74, 6) is -0.659. The second kappa shape index (κ2) is 23.8. The Morgan fingerprint density at radius 2 is 0.815 bits per heavy atom. The zero-order chi connectivity index (χ0) is 19.3. The van der Waals surface area contributed by atoms with E-state index < -0.39 is 5.97 Å². The van der Waals surface area contributed by atoms with Gasteiger partial charge in [0.25, 0.3) is 0 Å². The molecule has 0 amide bonds. The van der Waals surface area contributed by atoms with E-state index in [4.69, 9.17) is 0 Å². The largest absolute Gasteiger partial charge is 0.481 e. The van der Waals surface area contributed by atoms with Crippen LogP contribution in [0, 0.1) is 5.92 Å². The number of carboxylic acids is 1. The van der Waals surface area contributed by atoms with Crippen molar-refractivity contribution >= 4 is 18.4 Å². The number of hydrogen-bond acceptors (Lipinski definition) is 1. The maximum Gasteiger partial charge on any atom is 0.306 e. The lowest BCUT2D eigenvalue weighted by Gasteiger charge is -2.12. The van der Waals surface area contributed by atoms with Crippen molar-refractivity contribution in [2.75, 3.05) is 0 Å². The average molecular weight is 405 g/mol. The van der Waals surface area contributed by atoms with Crippen LogP contribution >= 0.6 is 12.4 Å². The van der Waals surface area contributed by atoms with E-state index in [-0.39, 0.29) is 18.3 Å². The van der Waals surface area contributed by atoms with Gasteiger partial charge >= 0.3 is 5.97 Å². The predicted molar refractivity (Wildman–Crippen MR) is 122 cm³/mol. The number of carboxylic acid groups (broad SMARTS) is 1. The summed E-state index contributed by atoms with van der Waals surface area (Å²) in [6.07, 6.45) is 25.3. The lowest BCUT2D eigenvalue weighted by atomic mass is 9.94. The summed E-state index contributed by atoms with van der Waals surface area (Å²) < 4.78 is 0. The van der Waals surface area contributed by atoms with Gasteiger partial charge in [-0.2, -0.15) is 0 Å². The minimum Gasteiger partial charge on any atom is -0.481 e. The molecule has 0 saturated carbocycles. The molecular weight excluding hydrogens is 356 g/mol. The molecule has 0 aromatic heterocycles. The van der Waals surface area contributed by atoms with Crippen molar-refractivity contribution in [2.24, 2.45) is 5.92 Å². The number of hydrogen-bond donors (Lipinski definition) is 1. The van der Waals surface area contributed by atoms with Crippen LogP contribution in [-0.2, 0) is 4.79 Å². The molecule has 0 radical (unpaired) electrons. The van der Waals surface area contributed by atoms with Gasteiger partial charge in [-0.3, -0.25) is 4.79 Å². The zero-order valence-corrected chi connectivity index (χ0v) is 19.3. The maximum absolute atomic E-state index is 11.4. The van der Waals surface area contributed by atoms with Gasteiger partial charge in [0.2, 0.25) is 0 Å². The molecule has 1 N–H and O–H groups in total. The summed E-state index contributed by atoms with van der Waals surface area (Å²) in [7, 11) is 0. The highest BCUT2D eigenvalue weighted by Crippen LogP contribution is 2.20. The van der Waals surface area contributed by atoms with Crippen molar-refractivity contribution in [3.8, 4) is 0 Å². The molecule has 27 heavy (non-hydrogen) atoms. The average Bonchev–Trinajstić information content (AvgIpc) is 2.63. The fraction of sp³-hybridized carbons (Fsp3) is 0.958. The van der Waals surface area contributed by atoms with E-state index in [9.17, 15) is 9.90 Å². The minimum atomic E-state index is -0.566. The Bertz CT molecular complexity index is 294. The second-order valence-corrected chi connectivity index (χ2v) is 8.27. The fourth-order valence-corrected chi connectivity index (χ4v) is 3.79. The van der Waals surface area contributed by atoms with Crippen LogP contribution in [-0.4, -0.2) is 11.1 Å². The molecule has 0 aliphatic rings. The topological polar surface area (TPSA) is 37.3 Å². The number of unbranched alkanes of at least 4 members (excludes halogenated alkanes) is 16. The first-order valence-corrected chi connectivity index (χ1v) is 11.9. The maximum atomic E-state index is 11.4. The molecule has 0 heterocycles. The molecular formula is C24H49ClO2. The Morgan fingerprint density at radius 3 is 1.07 bits per heavy atom. The van der Waals surface area contributed by atoms with Crippen molar-refractivity contribution in [3.63, 3.8) is 0 Å². The van der Waals surface area contributed by atoms with Gasteiger partial charge in [-0.15, -0.1) is 12.4 Å². The summed E-state index contributed by atoms with van der Waals surface area (Å²) in [5.41, 5.74) is 0. The fourth-order valence-electron chi connectivity index (χ4n) is 3.79. The molecule has 0 aromatic rings. The van der Waals surface area contributed by atoms with Crippen LogP contribution in [0.5, 0.6) is 0 Å².